The molecule has 1 fully saturated rings. The van der Waals surface area contributed by atoms with Gasteiger partial charge in [0.05, 0.1) is 17.3 Å². The average molecular weight is 377 g/mol. The number of benzene rings is 2. The van der Waals surface area contributed by atoms with Crippen LogP contribution in [0.1, 0.15) is 18.4 Å². The highest BCUT2D eigenvalue weighted by molar-refractivity contribution is 6.35. The van der Waals surface area contributed by atoms with Crippen LogP contribution in [0, 0.1) is 5.92 Å². The van der Waals surface area contributed by atoms with Crippen molar-refractivity contribution in [3.05, 3.63) is 64.1 Å². The van der Waals surface area contributed by atoms with Crippen LogP contribution in [0.15, 0.2) is 48.5 Å². The first-order valence-electron chi connectivity index (χ1n) is 8.62. The number of piperidine rings is 1. The molecule has 1 aliphatic rings. The molecule has 25 heavy (non-hydrogen) atoms. The van der Waals surface area contributed by atoms with Crippen molar-refractivity contribution in [1.82, 2.24) is 4.90 Å². The van der Waals surface area contributed by atoms with Crippen molar-refractivity contribution in [3.63, 3.8) is 0 Å². The first kappa shape index (κ1) is 18.1. The Kier molecular flexibility index (Phi) is 6.22. The highest BCUT2D eigenvalue weighted by Crippen LogP contribution is 2.26. The summed E-state index contributed by atoms with van der Waals surface area (Å²) in [5.74, 6) is 0.760. The molecule has 0 unspecified atom stereocenters. The maximum Gasteiger partial charge on any atom is 0.241 e. The third kappa shape index (κ3) is 5.13. The van der Waals surface area contributed by atoms with Crippen molar-refractivity contribution in [1.29, 1.82) is 0 Å². The van der Waals surface area contributed by atoms with Gasteiger partial charge in [-0.3, -0.25) is 4.79 Å². The quantitative estimate of drug-likeness (QED) is 0.805. The Bertz CT molecular complexity index is 713. The molecule has 1 aliphatic heterocycles. The first-order valence-corrected chi connectivity index (χ1v) is 9.38. The number of nitrogens with zero attached hydrogens (tertiary/aromatic N) is 1. The molecule has 1 saturated heterocycles. The number of hydrogen-bond donors (Lipinski definition) is 1. The average Bonchev–Trinajstić information content (AvgIpc) is 2.64. The van der Waals surface area contributed by atoms with Gasteiger partial charge in [-0.15, -0.1) is 0 Å². The van der Waals surface area contributed by atoms with Crippen molar-refractivity contribution < 1.29 is 4.79 Å². The van der Waals surface area contributed by atoms with Crippen LogP contribution in [0.5, 0.6) is 0 Å². The largest absolute Gasteiger partial charge is 0.375 e. The molecule has 0 saturated carbocycles. The molecule has 1 heterocycles. The minimum Gasteiger partial charge on any atom is -0.375 e. The normalized spacial score (nSPS) is 15.2. The number of nitrogens with one attached hydrogen (secondary N) is 1. The highest BCUT2D eigenvalue weighted by atomic mass is 35.5. The maximum atomic E-state index is 12.4. The van der Waals surface area contributed by atoms with Crippen molar-refractivity contribution in [2.24, 2.45) is 5.92 Å². The Balaban J connectivity index is 1.46. The third-order valence-corrected chi connectivity index (χ3v) is 5.26. The van der Waals surface area contributed by atoms with Gasteiger partial charge in [0.2, 0.25) is 5.91 Å². The van der Waals surface area contributed by atoms with E-state index in [1.165, 1.54) is 5.56 Å². The molecule has 0 spiro atoms. The summed E-state index contributed by atoms with van der Waals surface area (Å²) >= 11 is 12.1. The minimum absolute atomic E-state index is 0.106. The van der Waals surface area contributed by atoms with Crippen LogP contribution in [-0.4, -0.2) is 30.4 Å². The van der Waals surface area contributed by atoms with E-state index in [0.717, 1.165) is 32.4 Å². The summed E-state index contributed by atoms with van der Waals surface area (Å²) < 4.78 is 0. The number of carbonyl (C=O) groups is 1. The fourth-order valence-corrected chi connectivity index (χ4v) is 3.61. The Morgan fingerprint density at radius 1 is 1.08 bits per heavy atom. The fraction of sp³-hybridized carbons (Fsp3) is 0.350. The third-order valence-electron chi connectivity index (χ3n) is 4.69. The zero-order valence-electron chi connectivity index (χ0n) is 14.1. The van der Waals surface area contributed by atoms with Crippen molar-refractivity contribution in [2.75, 3.05) is 25.0 Å². The van der Waals surface area contributed by atoms with Crippen LogP contribution >= 0.6 is 23.2 Å². The van der Waals surface area contributed by atoms with E-state index in [1.807, 2.05) is 11.0 Å². The summed E-state index contributed by atoms with van der Waals surface area (Å²) in [6, 6.07) is 15.8. The van der Waals surface area contributed by atoms with Crippen LogP contribution in [0.4, 0.5) is 5.69 Å². The summed E-state index contributed by atoms with van der Waals surface area (Å²) in [5, 5.41) is 4.26. The van der Waals surface area contributed by atoms with E-state index >= 15 is 0 Å². The summed E-state index contributed by atoms with van der Waals surface area (Å²) in [5.41, 5.74) is 2.08. The van der Waals surface area contributed by atoms with E-state index in [9.17, 15) is 4.79 Å². The monoisotopic (exact) mass is 376 g/mol. The number of amides is 1. The Labute approximate surface area is 158 Å². The number of rotatable bonds is 5. The van der Waals surface area contributed by atoms with Crippen LogP contribution in [0.25, 0.3) is 0 Å². The number of halogens is 2. The zero-order chi connectivity index (χ0) is 17.6. The van der Waals surface area contributed by atoms with Gasteiger partial charge in [-0.2, -0.15) is 0 Å². The van der Waals surface area contributed by atoms with Gasteiger partial charge in [0.15, 0.2) is 0 Å². The van der Waals surface area contributed by atoms with E-state index in [2.05, 4.69) is 29.6 Å². The van der Waals surface area contributed by atoms with Gasteiger partial charge in [0.1, 0.15) is 0 Å². The molecule has 2 aromatic carbocycles. The Morgan fingerprint density at radius 2 is 1.80 bits per heavy atom. The smallest absolute Gasteiger partial charge is 0.241 e. The molecular weight excluding hydrogens is 355 g/mol. The van der Waals surface area contributed by atoms with E-state index in [1.54, 1.807) is 18.2 Å². The molecule has 0 radical (unpaired) electrons. The van der Waals surface area contributed by atoms with Crippen LogP contribution < -0.4 is 5.32 Å². The Morgan fingerprint density at radius 3 is 2.52 bits per heavy atom. The summed E-state index contributed by atoms with van der Waals surface area (Å²) in [6.45, 7) is 1.88. The van der Waals surface area contributed by atoms with Gasteiger partial charge in [-0.05, 0) is 48.9 Å². The fourth-order valence-electron chi connectivity index (χ4n) is 3.25. The van der Waals surface area contributed by atoms with Gasteiger partial charge < -0.3 is 10.2 Å². The summed E-state index contributed by atoms with van der Waals surface area (Å²) in [6.07, 6.45) is 3.20. The topological polar surface area (TPSA) is 32.3 Å². The predicted octanol–water partition coefficient (Wildman–Crippen LogP) is 4.89. The zero-order valence-corrected chi connectivity index (χ0v) is 15.6. The number of carbonyl (C=O) groups excluding carboxylic acids is 1. The molecule has 5 heteroatoms. The SMILES string of the molecule is O=C(CNc1cc(Cl)ccc1Cl)N1CCC(Cc2ccccc2)CC1. The van der Waals surface area contributed by atoms with Crippen molar-refractivity contribution in [2.45, 2.75) is 19.3 Å². The number of anilines is 1. The molecule has 2 aromatic rings. The number of likely N-dealkylation sites (tertiary alicyclic amines) is 1. The lowest BCUT2D eigenvalue weighted by Gasteiger charge is -2.32. The van der Waals surface area contributed by atoms with Crippen molar-refractivity contribution in [3.8, 4) is 0 Å². The maximum absolute atomic E-state index is 12.4. The molecule has 0 bridgehead atoms. The molecular formula is C20H22Cl2N2O. The first-order chi connectivity index (χ1) is 12.1. The van der Waals surface area contributed by atoms with Crippen molar-refractivity contribution >= 4 is 34.8 Å². The molecule has 0 aliphatic carbocycles. The van der Waals surface area contributed by atoms with Gasteiger partial charge in [0, 0.05) is 18.1 Å². The van der Waals surface area contributed by atoms with Gasteiger partial charge in [-0.25, -0.2) is 0 Å². The van der Waals surface area contributed by atoms with Crippen LogP contribution in [0.3, 0.4) is 0 Å². The van der Waals surface area contributed by atoms with E-state index in [4.69, 9.17) is 23.2 Å². The molecule has 3 rings (SSSR count). The Hall–Kier alpha value is -1.71. The second kappa shape index (κ2) is 8.59. The van der Waals surface area contributed by atoms with Crippen LogP contribution in [-0.2, 0) is 11.2 Å². The number of hydrogen-bond acceptors (Lipinski definition) is 2. The molecule has 0 aromatic heterocycles. The predicted molar refractivity (Wildman–Crippen MR) is 104 cm³/mol. The second-order valence-electron chi connectivity index (χ2n) is 6.49. The molecule has 1 amide bonds. The summed E-state index contributed by atoms with van der Waals surface area (Å²) in [7, 11) is 0. The van der Waals surface area contributed by atoms with Gasteiger partial charge in [0.25, 0.3) is 0 Å². The second-order valence-corrected chi connectivity index (χ2v) is 7.34. The molecule has 0 atom stereocenters. The highest BCUT2D eigenvalue weighted by Gasteiger charge is 2.22. The standard InChI is InChI=1S/C20H22Cl2N2O/c21-17-6-7-18(22)19(13-17)23-14-20(25)24-10-8-16(9-11-24)12-15-4-2-1-3-5-15/h1-7,13,16,23H,8-12,14H2. The molecule has 3 nitrogen and oxygen atoms in total. The van der Waals surface area contributed by atoms with E-state index in [-0.39, 0.29) is 12.5 Å². The molecule has 132 valence electrons. The van der Waals surface area contributed by atoms with Crippen LogP contribution in [0.2, 0.25) is 10.0 Å². The van der Waals surface area contributed by atoms with E-state index < -0.39 is 0 Å². The van der Waals surface area contributed by atoms with Gasteiger partial charge >= 0.3 is 0 Å². The summed E-state index contributed by atoms with van der Waals surface area (Å²) in [4.78, 5) is 14.4. The van der Waals surface area contributed by atoms with E-state index in [0.29, 0.717) is 21.7 Å². The lowest BCUT2D eigenvalue weighted by atomic mass is 9.90. The molecule has 1 N–H and O–H groups in total. The minimum atomic E-state index is 0.106. The van der Waals surface area contributed by atoms with Gasteiger partial charge in [-0.1, -0.05) is 53.5 Å². The lowest BCUT2D eigenvalue weighted by molar-refractivity contribution is -0.130. The lowest BCUT2D eigenvalue weighted by Crippen LogP contribution is -2.41.